The maximum atomic E-state index is 11.7. The van der Waals surface area contributed by atoms with Crippen LogP contribution in [0.15, 0.2) is 30.3 Å². The van der Waals surface area contributed by atoms with Crippen LogP contribution in [0.1, 0.15) is 18.9 Å². The Morgan fingerprint density at radius 3 is 2.48 bits per heavy atom. The summed E-state index contributed by atoms with van der Waals surface area (Å²) in [5.74, 6) is 0.154. The Morgan fingerprint density at radius 2 is 1.86 bits per heavy atom. The average molecular weight is 292 g/mol. The van der Waals surface area contributed by atoms with Gasteiger partial charge in [0.15, 0.2) is 0 Å². The molecule has 0 spiro atoms. The molecule has 1 aromatic rings. The lowest BCUT2D eigenvalue weighted by molar-refractivity contribution is -0.129. The van der Waals surface area contributed by atoms with Gasteiger partial charge in [-0.1, -0.05) is 37.3 Å². The Labute approximate surface area is 128 Å². The zero-order chi connectivity index (χ0) is 15.5. The van der Waals surface area contributed by atoms with Crippen molar-refractivity contribution in [1.29, 1.82) is 0 Å². The van der Waals surface area contributed by atoms with Crippen LogP contribution in [-0.2, 0) is 16.0 Å². The van der Waals surface area contributed by atoms with E-state index in [9.17, 15) is 4.79 Å². The zero-order valence-electron chi connectivity index (χ0n) is 13.5. The Morgan fingerprint density at radius 1 is 1.14 bits per heavy atom. The number of benzene rings is 1. The molecule has 0 bridgehead atoms. The van der Waals surface area contributed by atoms with Gasteiger partial charge in [0, 0.05) is 27.2 Å². The molecule has 0 aliphatic rings. The van der Waals surface area contributed by atoms with Crippen LogP contribution in [0.3, 0.4) is 0 Å². The molecule has 0 aliphatic heterocycles. The summed E-state index contributed by atoms with van der Waals surface area (Å²) < 4.78 is 5.66. The number of amides is 1. The molecule has 4 nitrogen and oxygen atoms in total. The second-order valence-corrected chi connectivity index (χ2v) is 5.36. The van der Waals surface area contributed by atoms with Crippen molar-refractivity contribution in [2.45, 2.75) is 19.8 Å². The predicted molar refractivity (Wildman–Crippen MR) is 86.4 cm³/mol. The fraction of sp³-hybridized carbons (Fsp3) is 0.588. The van der Waals surface area contributed by atoms with Gasteiger partial charge in [-0.05, 0) is 24.9 Å². The first-order chi connectivity index (χ1) is 10.1. The van der Waals surface area contributed by atoms with Crippen molar-refractivity contribution in [3.05, 3.63) is 35.9 Å². The maximum absolute atomic E-state index is 11.7. The van der Waals surface area contributed by atoms with Crippen molar-refractivity contribution in [2.75, 3.05) is 46.9 Å². The molecule has 0 N–H and O–H groups in total. The Bertz CT molecular complexity index is 393. The highest BCUT2D eigenvalue weighted by Crippen LogP contribution is 2.00. The molecule has 0 unspecified atom stereocenters. The van der Waals surface area contributed by atoms with Crippen LogP contribution in [-0.4, -0.2) is 62.7 Å². The standard InChI is InChI=1S/C17H28N2O2/c1-4-19(15-17(20)18(2)3)12-8-13-21-14-11-16-9-6-5-7-10-16/h5-7,9-10H,4,8,11-15H2,1-3H3. The largest absolute Gasteiger partial charge is 0.381 e. The van der Waals surface area contributed by atoms with Crippen molar-refractivity contribution >= 4 is 5.91 Å². The van der Waals surface area contributed by atoms with Gasteiger partial charge in [-0.3, -0.25) is 9.69 Å². The minimum Gasteiger partial charge on any atom is -0.381 e. The average Bonchev–Trinajstić information content (AvgIpc) is 2.50. The van der Waals surface area contributed by atoms with Gasteiger partial charge in [0.25, 0.3) is 0 Å². The summed E-state index contributed by atoms with van der Waals surface area (Å²) in [4.78, 5) is 15.5. The molecule has 21 heavy (non-hydrogen) atoms. The number of carbonyl (C=O) groups is 1. The van der Waals surface area contributed by atoms with Gasteiger partial charge in [0.05, 0.1) is 13.2 Å². The third kappa shape index (κ3) is 7.83. The predicted octanol–water partition coefficient (Wildman–Crippen LogP) is 2.05. The van der Waals surface area contributed by atoms with Crippen molar-refractivity contribution in [3.63, 3.8) is 0 Å². The van der Waals surface area contributed by atoms with Crippen molar-refractivity contribution in [1.82, 2.24) is 9.80 Å². The van der Waals surface area contributed by atoms with Gasteiger partial charge >= 0.3 is 0 Å². The van der Waals surface area contributed by atoms with E-state index in [1.807, 2.05) is 6.07 Å². The number of nitrogens with zero attached hydrogens (tertiary/aromatic N) is 2. The van der Waals surface area contributed by atoms with E-state index in [0.29, 0.717) is 6.54 Å². The third-order valence-electron chi connectivity index (χ3n) is 3.45. The van der Waals surface area contributed by atoms with E-state index in [2.05, 4.69) is 36.1 Å². The lowest BCUT2D eigenvalue weighted by Gasteiger charge is -2.21. The van der Waals surface area contributed by atoms with Gasteiger partial charge < -0.3 is 9.64 Å². The third-order valence-corrected chi connectivity index (χ3v) is 3.45. The van der Waals surface area contributed by atoms with Crippen molar-refractivity contribution < 1.29 is 9.53 Å². The summed E-state index contributed by atoms with van der Waals surface area (Å²) in [6.45, 7) is 5.88. The molecule has 0 atom stereocenters. The first-order valence-corrected chi connectivity index (χ1v) is 7.67. The topological polar surface area (TPSA) is 32.8 Å². The molecule has 0 heterocycles. The molecular weight excluding hydrogens is 264 g/mol. The maximum Gasteiger partial charge on any atom is 0.236 e. The zero-order valence-corrected chi connectivity index (χ0v) is 13.5. The van der Waals surface area contributed by atoms with Crippen molar-refractivity contribution in [3.8, 4) is 0 Å². The number of hydrogen-bond donors (Lipinski definition) is 0. The summed E-state index contributed by atoms with van der Waals surface area (Å²) in [5, 5.41) is 0. The first kappa shape index (κ1) is 17.7. The van der Waals surface area contributed by atoms with Crippen molar-refractivity contribution in [2.24, 2.45) is 0 Å². The molecule has 1 amide bonds. The van der Waals surface area contributed by atoms with Gasteiger partial charge in [0.1, 0.15) is 0 Å². The van der Waals surface area contributed by atoms with Gasteiger partial charge in [-0.25, -0.2) is 0 Å². The number of likely N-dealkylation sites (N-methyl/N-ethyl adjacent to an activating group) is 2. The molecule has 4 heteroatoms. The summed E-state index contributed by atoms with van der Waals surface area (Å²) in [5.41, 5.74) is 1.31. The van der Waals surface area contributed by atoms with Crippen LogP contribution in [0, 0.1) is 0 Å². The summed E-state index contributed by atoms with van der Waals surface area (Å²) in [6.07, 6.45) is 1.92. The second-order valence-electron chi connectivity index (χ2n) is 5.36. The quantitative estimate of drug-likeness (QED) is 0.619. The van der Waals surface area contributed by atoms with E-state index in [1.165, 1.54) is 5.56 Å². The van der Waals surface area contributed by atoms with E-state index in [-0.39, 0.29) is 5.91 Å². The summed E-state index contributed by atoms with van der Waals surface area (Å²) in [6, 6.07) is 10.4. The van der Waals surface area contributed by atoms with E-state index in [0.717, 1.165) is 39.1 Å². The lowest BCUT2D eigenvalue weighted by Crippen LogP contribution is -2.37. The lowest BCUT2D eigenvalue weighted by atomic mass is 10.2. The molecule has 0 saturated heterocycles. The van der Waals surface area contributed by atoms with E-state index >= 15 is 0 Å². The summed E-state index contributed by atoms with van der Waals surface area (Å²) >= 11 is 0. The van der Waals surface area contributed by atoms with Gasteiger partial charge in [-0.15, -0.1) is 0 Å². The molecule has 0 saturated carbocycles. The van der Waals surface area contributed by atoms with Gasteiger partial charge in [0.2, 0.25) is 5.91 Å². The SMILES string of the molecule is CCN(CCCOCCc1ccccc1)CC(=O)N(C)C. The minimum absolute atomic E-state index is 0.154. The highest BCUT2D eigenvalue weighted by molar-refractivity contribution is 5.77. The van der Waals surface area contributed by atoms with Crippen LogP contribution in [0.25, 0.3) is 0 Å². The fourth-order valence-electron chi connectivity index (χ4n) is 2.01. The number of hydrogen-bond acceptors (Lipinski definition) is 3. The molecule has 0 aliphatic carbocycles. The highest BCUT2D eigenvalue weighted by atomic mass is 16.5. The Kier molecular flexibility index (Phi) is 8.71. The van der Waals surface area contributed by atoms with Crippen LogP contribution < -0.4 is 0 Å². The number of ether oxygens (including phenoxy) is 1. The van der Waals surface area contributed by atoms with Crippen LogP contribution in [0.5, 0.6) is 0 Å². The molecule has 0 aromatic heterocycles. The molecule has 0 fully saturated rings. The van der Waals surface area contributed by atoms with Gasteiger partial charge in [-0.2, -0.15) is 0 Å². The van der Waals surface area contributed by atoms with E-state index in [4.69, 9.17) is 4.74 Å². The summed E-state index contributed by atoms with van der Waals surface area (Å²) in [7, 11) is 3.59. The first-order valence-electron chi connectivity index (χ1n) is 7.67. The van der Waals surface area contributed by atoms with E-state index in [1.54, 1.807) is 19.0 Å². The van der Waals surface area contributed by atoms with Crippen LogP contribution >= 0.6 is 0 Å². The monoisotopic (exact) mass is 292 g/mol. The fourth-order valence-corrected chi connectivity index (χ4v) is 2.01. The minimum atomic E-state index is 0.154. The van der Waals surface area contributed by atoms with Crippen LogP contribution in [0.2, 0.25) is 0 Å². The molecule has 1 rings (SSSR count). The Hall–Kier alpha value is -1.39. The molecule has 118 valence electrons. The molecule has 1 aromatic carbocycles. The van der Waals surface area contributed by atoms with E-state index < -0.39 is 0 Å². The number of carbonyl (C=O) groups excluding carboxylic acids is 1. The second kappa shape index (κ2) is 10.4. The highest BCUT2D eigenvalue weighted by Gasteiger charge is 2.09. The normalized spacial score (nSPS) is 10.9. The Balaban J connectivity index is 2.08. The smallest absolute Gasteiger partial charge is 0.236 e. The molecular formula is C17H28N2O2. The number of rotatable bonds is 10. The van der Waals surface area contributed by atoms with Crippen LogP contribution in [0.4, 0.5) is 0 Å². The molecule has 0 radical (unpaired) electrons.